The Bertz CT molecular complexity index is 1390. The Morgan fingerprint density at radius 1 is 1.15 bits per heavy atom. The Hall–Kier alpha value is -4.53. The Balaban J connectivity index is 1.76. The molecule has 0 bridgehead atoms. The van der Waals surface area contributed by atoms with Crippen molar-refractivity contribution in [3.05, 3.63) is 95.3 Å². The van der Waals surface area contributed by atoms with Crippen molar-refractivity contribution in [2.45, 2.75) is 20.4 Å². The third-order valence-corrected chi connectivity index (χ3v) is 5.22. The summed E-state index contributed by atoms with van der Waals surface area (Å²) in [6, 6.07) is 15.9. The summed E-state index contributed by atoms with van der Waals surface area (Å²) in [5.74, 6) is 0.169. The number of pyridine rings is 2. The van der Waals surface area contributed by atoms with Crippen molar-refractivity contribution in [2.24, 2.45) is 11.5 Å². The summed E-state index contributed by atoms with van der Waals surface area (Å²) in [4.78, 5) is 20.5. The van der Waals surface area contributed by atoms with Gasteiger partial charge in [-0.05, 0) is 44.2 Å². The van der Waals surface area contributed by atoms with Crippen LogP contribution in [0.25, 0.3) is 22.6 Å². The molecule has 0 saturated carbocycles. The van der Waals surface area contributed by atoms with E-state index in [1.54, 1.807) is 35.1 Å². The topological polar surface area (TPSA) is 125 Å². The zero-order valence-electron chi connectivity index (χ0n) is 18.8. The van der Waals surface area contributed by atoms with Crippen LogP contribution in [0.4, 0.5) is 10.2 Å². The van der Waals surface area contributed by atoms with Crippen LogP contribution in [0.3, 0.4) is 0 Å². The van der Waals surface area contributed by atoms with Crippen LogP contribution in [0, 0.1) is 19.7 Å². The van der Waals surface area contributed by atoms with Crippen molar-refractivity contribution in [3.63, 3.8) is 0 Å². The molecule has 172 valence electrons. The second-order valence-electron chi connectivity index (χ2n) is 7.79. The number of aryl methyl sites for hydroxylation is 2. The molecule has 0 spiro atoms. The van der Waals surface area contributed by atoms with Gasteiger partial charge in [0, 0.05) is 41.8 Å². The monoisotopic (exact) mass is 457 g/mol. The number of hydrogen-bond donors (Lipinski definition) is 3. The Morgan fingerprint density at radius 3 is 2.71 bits per heavy atom. The van der Waals surface area contributed by atoms with E-state index in [-0.39, 0.29) is 17.9 Å². The molecule has 4 rings (SSSR count). The van der Waals surface area contributed by atoms with Crippen LogP contribution in [-0.4, -0.2) is 25.7 Å². The first kappa shape index (κ1) is 22.7. The van der Waals surface area contributed by atoms with Gasteiger partial charge in [-0.25, -0.2) is 14.1 Å². The number of benzene rings is 1. The molecule has 0 aliphatic heterocycles. The van der Waals surface area contributed by atoms with Gasteiger partial charge in [0.1, 0.15) is 11.6 Å². The highest BCUT2D eigenvalue weighted by atomic mass is 19.1. The van der Waals surface area contributed by atoms with Crippen molar-refractivity contribution >= 4 is 17.3 Å². The molecular weight excluding hydrogens is 433 g/mol. The molecule has 0 saturated heterocycles. The molecule has 3 heterocycles. The number of rotatable bonds is 7. The molecule has 0 unspecified atom stereocenters. The number of hydrogen-bond acceptors (Lipinski definition) is 6. The Kier molecular flexibility index (Phi) is 6.35. The van der Waals surface area contributed by atoms with Crippen molar-refractivity contribution < 1.29 is 9.18 Å². The molecule has 8 nitrogen and oxygen atoms in total. The highest BCUT2D eigenvalue weighted by molar-refractivity contribution is 6.18. The van der Waals surface area contributed by atoms with Gasteiger partial charge in [-0.1, -0.05) is 23.8 Å². The van der Waals surface area contributed by atoms with Gasteiger partial charge in [0.15, 0.2) is 5.82 Å². The third kappa shape index (κ3) is 4.78. The summed E-state index contributed by atoms with van der Waals surface area (Å²) in [5, 5.41) is 7.85. The number of anilines is 1. The van der Waals surface area contributed by atoms with E-state index < -0.39 is 5.91 Å². The number of carbonyl (C=O) groups is 1. The number of nitrogens with two attached hydrogens (primary N) is 2. The smallest absolute Gasteiger partial charge is 0.252 e. The summed E-state index contributed by atoms with van der Waals surface area (Å²) in [7, 11) is 0. The molecule has 34 heavy (non-hydrogen) atoms. The van der Waals surface area contributed by atoms with Crippen LogP contribution in [0.5, 0.6) is 0 Å². The average Bonchev–Trinajstić information content (AvgIpc) is 3.24. The van der Waals surface area contributed by atoms with Crippen molar-refractivity contribution in [1.82, 2.24) is 19.7 Å². The lowest BCUT2D eigenvalue weighted by molar-refractivity contribution is -0.112. The van der Waals surface area contributed by atoms with Gasteiger partial charge in [0.05, 0.1) is 17.0 Å². The lowest BCUT2D eigenvalue weighted by Crippen LogP contribution is -2.15. The summed E-state index contributed by atoms with van der Waals surface area (Å²) in [6.07, 6.45) is 2.70. The predicted octanol–water partition coefficient (Wildman–Crippen LogP) is 3.48. The van der Waals surface area contributed by atoms with Crippen LogP contribution in [0.15, 0.2) is 67.0 Å². The molecule has 1 amide bonds. The molecule has 0 fully saturated rings. The normalized spacial score (nSPS) is 11.4. The van der Waals surface area contributed by atoms with Crippen molar-refractivity contribution in [3.8, 4) is 17.1 Å². The summed E-state index contributed by atoms with van der Waals surface area (Å²) in [6.45, 7) is 4.06. The number of carbonyl (C=O) groups excluding carboxylic acids is 1. The quantitative estimate of drug-likeness (QED) is 0.365. The first-order valence-corrected chi connectivity index (χ1v) is 10.6. The molecular formula is C25H24FN7O. The fraction of sp³-hybridized carbons (Fsp3) is 0.120. The van der Waals surface area contributed by atoms with Gasteiger partial charge in [-0.3, -0.25) is 9.78 Å². The van der Waals surface area contributed by atoms with Gasteiger partial charge >= 0.3 is 0 Å². The zero-order valence-corrected chi connectivity index (χ0v) is 18.8. The molecule has 3 aromatic heterocycles. The highest BCUT2D eigenvalue weighted by Crippen LogP contribution is 2.27. The third-order valence-electron chi connectivity index (χ3n) is 5.22. The number of halogens is 1. The fourth-order valence-corrected chi connectivity index (χ4v) is 3.55. The number of aromatic nitrogens is 4. The van der Waals surface area contributed by atoms with Crippen molar-refractivity contribution in [1.29, 1.82) is 0 Å². The van der Waals surface area contributed by atoms with E-state index in [2.05, 4.69) is 20.4 Å². The summed E-state index contributed by atoms with van der Waals surface area (Å²) < 4.78 is 15.9. The van der Waals surface area contributed by atoms with Gasteiger partial charge in [-0.15, -0.1) is 5.10 Å². The maximum Gasteiger partial charge on any atom is 0.252 e. The van der Waals surface area contributed by atoms with E-state index in [1.807, 2.05) is 38.1 Å². The van der Waals surface area contributed by atoms with Gasteiger partial charge < -0.3 is 16.8 Å². The maximum absolute atomic E-state index is 14.2. The minimum atomic E-state index is -0.677. The van der Waals surface area contributed by atoms with Crippen LogP contribution >= 0.6 is 0 Å². The predicted molar refractivity (Wildman–Crippen MR) is 129 cm³/mol. The maximum atomic E-state index is 14.2. The molecule has 0 radical (unpaired) electrons. The number of amides is 1. The summed E-state index contributed by atoms with van der Waals surface area (Å²) in [5.41, 5.74) is 15.2. The standard InChI is InChI=1S/C25H24FN7O/c1-15-6-7-20(26)18(10-15)14-30-23-12-22(33(32-23)24-5-3-4-16(2)31-24)17-8-9-29-21(11-17)19(13-27)25(28)34/h3-13H,14,27H2,1-2H3,(H2,28,34)(H,30,32). The summed E-state index contributed by atoms with van der Waals surface area (Å²) >= 11 is 0. The van der Waals surface area contributed by atoms with Crippen LogP contribution in [0.2, 0.25) is 0 Å². The van der Waals surface area contributed by atoms with E-state index in [4.69, 9.17) is 11.5 Å². The van der Waals surface area contributed by atoms with E-state index in [0.717, 1.165) is 23.0 Å². The molecule has 0 atom stereocenters. The molecule has 0 aliphatic rings. The van der Waals surface area contributed by atoms with Gasteiger partial charge in [-0.2, -0.15) is 0 Å². The average molecular weight is 458 g/mol. The molecule has 5 N–H and O–H groups in total. The minimum Gasteiger partial charge on any atom is -0.404 e. The van der Waals surface area contributed by atoms with Crippen LogP contribution in [0.1, 0.15) is 22.5 Å². The van der Waals surface area contributed by atoms with Gasteiger partial charge in [0.25, 0.3) is 5.91 Å². The molecule has 1 aromatic carbocycles. The zero-order chi connectivity index (χ0) is 24.2. The molecule has 9 heteroatoms. The first-order valence-electron chi connectivity index (χ1n) is 10.6. The van der Waals surface area contributed by atoms with Crippen LogP contribution < -0.4 is 16.8 Å². The first-order chi connectivity index (χ1) is 16.4. The Morgan fingerprint density at radius 2 is 1.97 bits per heavy atom. The van der Waals surface area contributed by atoms with Crippen LogP contribution in [-0.2, 0) is 11.3 Å². The second kappa shape index (κ2) is 9.53. The highest BCUT2D eigenvalue weighted by Gasteiger charge is 2.16. The number of primary amides is 1. The fourth-order valence-electron chi connectivity index (χ4n) is 3.55. The molecule has 4 aromatic rings. The Labute approximate surface area is 196 Å². The van der Waals surface area contributed by atoms with E-state index in [9.17, 15) is 9.18 Å². The van der Waals surface area contributed by atoms with Crippen molar-refractivity contribution in [2.75, 3.05) is 5.32 Å². The molecule has 0 aliphatic carbocycles. The minimum absolute atomic E-state index is 0.106. The van der Waals surface area contributed by atoms with E-state index in [1.165, 1.54) is 6.07 Å². The second-order valence-corrected chi connectivity index (χ2v) is 7.79. The van der Waals surface area contributed by atoms with E-state index in [0.29, 0.717) is 28.6 Å². The SMILES string of the molecule is Cc1ccc(F)c(CNc2cc(-c3ccnc(C(=CN)C(N)=O)c3)n(-c3cccc(C)n3)n2)c1. The lowest BCUT2D eigenvalue weighted by Gasteiger charge is -2.09. The van der Waals surface area contributed by atoms with E-state index >= 15 is 0 Å². The lowest BCUT2D eigenvalue weighted by atomic mass is 10.1. The number of nitrogens with zero attached hydrogens (tertiary/aromatic N) is 4. The number of nitrogens with one attached hydrogen (secondary N) is 1. The largest absolute Gasteiger partial charge is 0.404 e. The van der Waals surface area contributed by atoms with Gasteiger partial charge in [0.2, 0.25) is 0 Å².